The molecule has 0 spiro atoms. The van der Waals surface area contributed by atoms with Crippen molar-refractivity contribution in [1.29, 1.82) is 0 Å². The molecule has 0 unspecified atom stereocenters. The first-order valence-corrected chi connectivity index (χ1v) is 7.46. The van der Waals surface area contributed by atoms with Crippen LogP contribution < -0.4 is 4.74 Å². The van der Waals surface area contributed by atoms with Crippen molar-refractivity contribution in [2.24, 2.45) is 0 Å². The zero-order valence-corrected chi connectivity index (χ0v) is 13.2. The van der Waals surface area contributed by atoms with Crippen molar-refractivity contribution < 1.29 is 9.53 Å². The summed E-state index contributed by atoms with van der Waals surface area (Å²) in [5.74, 6) is 0.315. The monoisotopic (exact) mass is 323 g/mol. The Hall–Kier alpha value is -2.65. The quantitative estimate of drug-likeness (QED) is 0.511. The molecule has 3 nitrogen and oxygen atoms in total. The lowest BCUT2D eigenvalue weighted by Crippen LogP contribution is -1.98. The van der Waals surface area contributed by atoms with Gasteiger partial charge in [-0.05, 0) is 48.0 Å². The molecule has 3 rings (SSSR count). The van der Waals surface area contributed by atoms with E-state index in [-0.39, 0.29) is 5.78 Å². The van der Waals surface area contributed by atoms with Gasteiger partial charge in [-0.2, -0.15) is 0 Å². The number of rotatable bonds is 4. The SMILES string of the molecule is COc1cc(Cl)ccc1C(=O)C=Cc1cnc2ccccc2c1. The average molecular weight is 324 g/mol. The molecule has 3 aromatic rings. The van der Waals surface area contributed by atoms with Crippen molar-refractivity contribution in [3.8, 4) is 5.75 Å². The van der Waals surface area contributed by atoms with Gasteiger partial charge >= 0.3 is 0 Å². The fraction of sp³-hybridized carbons (Fsp3) is 0.0526. The first-order valence-electron chi connectivity index (χ1n) is 7.08. The molecule has 1 heterocycles. The highest BCUT2D eigenvalue weighted by atomic mass is 35.5. The number of halogens is 1. The van der Waals surface area contributed by atoms with Crippen LogP contribution in [0.25, 0.3) is 17.0 Å². The molecule has 2 aromatic carbocycles. The topological polar surface area (TPSA) is 39.2 Å². The second kappa shape index (κ2) is 6.63. The first-order chi connectivity index (χ1) is 11.2. The number of hydrogen-bond acceptors (Lipinski definition) is 3. The molecule has 0 radical (unpaired) electrons. The van der Waals surface area contributed by atoms with Gasteiger partial charge in [-0.3, -0.25) is 9.78 Å². The van der Waals surface area contributed by atoms with Gasteiger partial charge in [0.2, 0.25) is 0 Å². The lowest BCUT2D eigenvalue weighted by molar-refractivity contribution is 0.104. The summed E-state index contributed by atoms with van der Waals surface area (Å²) in [6, 6.07) is 14.8. The maximum Gasteiger partial charge on any atom is 0.189 e. The largest absolute Gasteiger partial charge is 0.496 e. The Bertz CT molecular complexity index is 903. The van der Waals surface area contributed by atoms with Gasteiger partial charge in [0.1, 0.15) is 5.75 Å². The van der Waals surface area contributed by atoms with E-state index in [9.17, 15) is 4.79 Å². The van der Waals surface area contributed by atoms with Crippen LogP contribution >= 0.6 is 11.6 Å². The normalized spacial score (nSPS) is 11.0. The molecular weight excluding hydrogens is 310 g/mol. The Labute approximate surface area is 139 Å². The molecule has 0 saturated heterocycles. The van der Waals surface area contributed by atoms with Crippen LogP contribution in [0.4, 0.5) is 0 Å². The highest BCUT2D eigenvalue weighted by Gasteiger charge is 2.10. The number of nitrogens with zero attached hydrogens (tertiary/aromatic N) is 1. The summed E-state index contributed by atoms with van der Waals surface area (Å²) in [6.45, 7) is 0. The van der Waals surface area contributed by atoms with E-state index in [4.69, 9.17) is 16.3 Å². The van der Waals surface area contributed by atoms with Gasteiger partial charge in [0.25, 0.3) is 0 Å². The lowest BCUT2D eigenvalue weighted by atomic mass is 10.1. The predicted molar refractivity (Wildman–Crippen MR) is 93.1 cm³/mol. The van der Waals surface area contributed by atoms with Crippen LogP contribution in [0.15, 0.2) is 60.8 Å². The van der Waals surface area contributed by atoms with Crippen molar-refractivity contribution in [1.82, 2.24) is 4.98 Å². The van der Waals surface area contributed by atoms with Crippen molar-refractivity contribution in [2.45, 2.75) is 0 Å². The van der Waals surface area contributed by atoms with E-state index in [1.807, 2.05) is 30.3 Å². The summed E-state index contributed by atoms with van der Waals surface area (Å²) in [6.07, 6.45) is 5.00. The number of para-hydroxylation sites is 1. The van der Waals surface area contributed by atoms with Crippen LogP contribution in [0.2, 0.25) is 5.02 Å². The summed E-state index contributed by atoms with van der Waals surface area (Å²) in [7, 11) is 1.51. The zero-order valence-electron chi connectivity index (χ0n) is 12.5. The number of fused-ring (bicyclic) bond motifs is 1. The number of ether oxygens (including phenoxy) is 1. The van der Waals surface area contributed by atoms with Crippen LogP contribution in [0.1, 0.15) is 15.9 Å². The van der Waals surface area contributed by atoms with E-state index in [1.54, 1.807) is 30.5 Å². The van der Waals surface area contributed by atoms with E-state index in [0.29, 0.717) is 16.3 Å². The predicted octanol–water partition coefficient (Wildman–Crippen LogP) is 4.79. The number of aromatic nitrogens is 1. The molecule has 114 valence electrons. The van der Waals surface area contributed by atoms with Crippen LogP contribution in [-0.2, 0) is 0 Å². The van der Waals surface area contributed by atoms with Gasteiger partial charge in [0.15, 0.2) is 5.78 Å². The zero-order chi connectivity index (χ0) is 16.2. The minimum Gasteiger partial charge on any atom is -0.496 e. The fourth-order valence-electron chi connectivity index (χ4n) is 2.31. The van der Waals surface area contributed by atoms with E-state index in [0.717, 1.165) is 16.5 Å². The number of carbonyl (C=O) groups is 1. The molecule has 4 heteroatoms. The third kappa shape index (κ3) is 3.41. The molecule has 0 N–H and O–H groups in total. The Morgan fingerprint density at radius 1 is 1.17 bits per heavy atom. The Morgan fingerprint density at radius 3 is 2.83 bits per heavy atom. The Morgan fingerprint density at radius 2 is 2.00 bits per heavy atom. The second-order valence-corrected chi connectivity index (χ2v) is 5.44. The summed E-state index contributed by atoms with van der Waals surface area (Å²) >= 11 is 5.91. The van der Waals surface area contributed by atoms with Gasteiger partial charge in [-0.15, -0.1) is 0 Å². The third-order valence-corrected chi connectivity index (χ3v) is 3.70. The van der Waals surface area contributed by atoms with Gasteiger partial charge in [-0.25, -0.2) is 0 Å². The molecule has 0 bridgehead atoms. The summed E-state index contributed by atoms with van der Waals surface area (Å²) in [5, 5.41) is 1.56. The number of methoxy groups -OCH3 is 1. The van der Waals surface area contributed by atoms with Crippen LogP contribution in [0.3, 0.4) is 0 Å². The molecular formula is C19H14ClNO2. The summed E-state index contributed by atoms with van der Waals surface area (Å²) < 4.78 is 5.21. The molecule has 0 amide bonds. The van der Waals surface area contributed by atoms with Gasteiger partial charge in [0, 0.05) is 16.6 Å². The van der Waals surface area contributed by atoms with E-state index in [1.165, 1.54) is 13.2 Å². The number of pyridine rings is 1. The van der Waals surface area contributed by atoms with Gasteiger partial charge < -0.3 is 4.74 Å². The smallest absolute Gasteiger partial charge is 0.189 e. The second-order valence-electron chi connectivity index (χ2n) is 5.00. The standard InChI is InChI=1S/C19H14ClNO2/c1-23-19-11-15(20)7-8-16(19)18(22)9-6-13-10-14-4-2-3-5-17(14)21-12-13/h2-12H,1H3. The molecule has 23 heavy (non-hydrogen) atoms. The number of allylic oxidation sites excluding steroid dienone is 1. The van der Waals surface area contributed by atoms with E-state index < -0.39 is 0 Å². The Balaban J connectivity index is 1.87. The number of hydrogen-bond donors (Lipinski definition) is 0. The maximum absolute atomic E-state index is 12.3. The molecule has 0 atom stereocenters. The fourth-order valence-corrected chi connectivity index (χ4v) is 2.47. The minimum absolute atomic E-state index is 0.147. The summed E-state index contributed by atoms with van der Waals surface area (Å²) in [5.41, 5.74) is 2.27. The van der Waals surface area contributed by atoms with E-state index in [2.05, 4.69) is 4.98 Å². The highest BCUT2D eigenvalue weighted by molar-refractivity contribution is 6.31. The number of carbonyl (C=O) groups excluding carboxylic acids is 1. The number of benzene rings is 2. The number of ketones is 1. The highest BCUT2D eigenvalue weighted by Crippen LogP contribution is 2.24. The van der Waals surface area contributed by atoms with Crippen molar-refractivity contribution in [3.63, 3.8) is 0 Å². The first kappa shape index (κ1) is 15.3. The van der Waals surface area contributed by atoms with Gasteiger partial charge in [0.05, 0.1) is 18.2 Å². The van der Waals surface area contributed by atoms with Crippen LogP contribution in [0.5, 0.6) is 5.75 Å². The minimum atomic E-state index is -0.147. The molecule has 1 aromatic heterocycles. The molecule has 0 aliphatic carbocycles. The molecule has 0 aliphatic heterocycles. The van der Waals surface area contributed by atoms with Crippen LogP contribution in [-0.4, -0.2) is 17.9 Å². The maximum atomic E-state index is 12.3. The lowest BCUT2D eigenvalue weighted by Gasteiger charge is -2.05. The Kier molecular flexibility index (Phi) is 4.40. The average Bonchev–Trinajstić information content (AvgIpc) is 2.59. The van der Waals surface area contributed by atoms with Crippen molar-refractivity contribution in [3.05, 3.63) is 77.0 Å². The van der Waals surface area contributed by atoms with Crippen LogP contribution in [0, 0.1) is 0 Å². The summed E-state index contributed by atoms with van der Waals surface area (Å²) in [4.78, 5) is 16.7. The third-order valence-electron chi connectivity index (χ3n) is 3.47. The molecule has 0 fully saturated rings. The van der Waals surface area contributed by atoms with Gasteiger partial charge in [-0.1, -0.05) is 29.8 Å². The molecule has 0 saturated carbocycles. The van der Waals surface area contributed by atoms with E-state index >= 15 is 0 Å². The van der Waals surface area contributed by atoms with Crippen molar-refractivity contribution >= 4 is 34.4 Å². The van der Waals surface area contributed by atoms with Crippen molar-refractivity contribution in [2.75, 3.05) is 7.11 Å². The molecule has 0 aliphatic rings.